The Labute approximate surface area is 173 Å². The van der Waals surface area contributed by atoms with E-state index in [1.807, 2.05) is 53.5 Å². The van der Waals surface area contributed by atoms with Gasteiger partial charge in [-0.05, 0) is 30.3 Å². The van der Waals surface area contributed by atoms with Crippen LogP contribution in [-0.2, 0) is 0 Å². The highest BCUT2D eigenvalue weighted by Crippen LogP contribution is 2.48. The van der Waals surface area contributed by atoms with Crippen LogP contribution in [0.3, 0.4) is 0 Å². The van der Waals surface area contributed by atoms with Crippen molar-refractivity contribution >= 4 is 17.3 Å². The first kappa shape index (κ1) is 18.0. The van der Waals surface area contributed by atoms with Crippen molar-refractivity contribution in [2.75, 3.05) is 7.11 Å². The Morgan fingerprint density at radius 3 is 2.76 bits per heavy atom. The van der Waals surface area contributed by atoms with Gasteiger partial charge in [-0.2, -0.15) is 5.10 Å². The Balaban J connectivity index is 1.63. The second-order valence-corrected chi connectivity index (χ2v) is 7.43. The van der Waals surface area contributed by atoms with Crippen LogP contribution in [0, 0.1) is 5.82 Å². The number of ether oxygens (including phenoxy) is 2. The molecule has 2 atom stereocenters. The van der Waals surface area contributed by atoms with E-state index in [0.717, 1.165) is 28.3 Å². The van der Waals surface area contributed by atoms with E-state index < -0.39 is 12.0 Å². The summed E-state index contributed by atoms with van der Waals surface area (Å²) in [7, 11) is 1.64. The minimum absolute atomic E-state index is 0.0678. The number of fused-ring (bicyclic) bond motifs is 3. The molecule has 0 aromatic heterocycles. The molecular weight excluding hydrogens is 391 g/mol. The lowest BCUT2D eigenvalue weighted by Gasteiger charge is -2.38. The van der Waals surface area contributed by atoms with E-state index >= 15 is 0 Å². The van der Waals surface area contributed by atoms with Crippen LogP contribution in [0.15, 0.2) is 71.8 Å². The summed E-state index contributed by atoms with van der Waals surface area (Å²) >= 11 is 6.36. The molecule has 0 saturated carbocycles. The molecule has 6 heteroatoms. The lowest BCUT2D eigenvalue weighted by atomic mass is 9.96. The third-order valence-electron chi connectivity index (χ3n) is 5.35. The van der Waals surface area contributed by atoms with E-state index in [2.05, 4.69) is 0 Å². The van der Waals surface area contributed by atoms with Gasteiger partial charge in [0.05, 0.1) is 29.4 Å². The fourth-order valence-electron chi connectivity index (χ4n) is 3.95. The predicted octanol–water partition coefficient (Wildman–Crippen LogP) is 5.73. The number of para-hydroxylation sites is 1. The Kier molecular flexibility index (Phi) is 4.40. The molecule has 0 bridgehead atoms. The maximum absolute atomic E-state index is 14.7. The van der Waals surface area contributed by atoms with E-state index in [4.69, 9.17) is 26.2 Å². The van der Waals surface area contributed by atoms with Crippen molar-refractivity contribution in [3.63, 3.8) is 0 Å². The summed E-state index contributed by atoms with van der Waals surface area (Å²) in [5.41, 5.74) is 3.18. The SMILES string of the molecule is COc1cccc(C2=NN3[C@@H](C2)c2ccccc2O[C@H]3c2c(F)cccc2Cl)c1. The molecule has 29 heavy (non-hydrogen) atoms. The van der Waals surface area contributed by atoms with Gasteiger partial charge in [-0.1, -0.05) is 48.0 Å². The number of nitrogens with zero attached hydrogens (tertiary/aromatic N) is 2. The second-order valence-electron chi connectivity index (χ2n) is 7.02. The largest absolute Gasteiger partial charge is 0.497 e. The lowest BCUT2D eigenvalue weighted by molar-refractivity contribution is -0.0211. The zero-order valence-electron chi connectivity index (χ0n) is 15.7. The van der Waals surface area contributed by atoms with Crippen LogP contribution < -0.4 is 9.47 Å². The highest BCUT2D eigenvalue weighted by atomic mass is 35.5. The number of hydrogen-bond acceptors (Lipinski definition) is 4. The summed E-state index contributed by atoms with van der Waals surface area (Å²) < 4.78 is 26.3. The van der Waals surface area contributed by atoms with E-state index in [1.165, 1.54) is 6.07 Å². The quantitative estimate of drug-likeness (QED) is 0.555. The Bertz CT molecular complexity index is 1100. The fraction of sp³-hybridized carbons (Fsp3) is 0.174. The van der Waals surface area contributed by atoms with Crippen LogP contribution in [0.25, 0.3) is 0 Å². The van der Waals surface area contributed by atoms with Crippen LogP contribution in [0.2, 0.25) is 5.02 Å². The average Bonchev–Trinajstić information content (AvgIpc) is 3.20. The monoisotopic (exact) mass is 408 g/mol. The molecule has 2 heterocycles. The fourth-order valence-corrected chi connectivity index (χ4v) is 4.20. The number of benzene rings is 3. The summed E-state index contributed by atoms with van der Waals surface area (Å²) in [4.78, 5) is 0. The molecule has 3 aromatic rings. The zero-order valence-corrected chi connectivity index (χ0v) is 16.4. The topological polar surface area (TPSA) is 34.1 Å². The number of halogens is 2. The first-order valence-corrected chi connectivity index (χ1v) is 9.73. The molecule has 2 aliphatic rings. The molecule has 0 amide bonds. The van der Waals surface area contributed by atoms with Gasteiger partial charge >= 0.3 is 0 Å². The van der Waals surface area contributed by atoms with Gasteiger partial charge in [0, 0.05) is 17.5 Å². The summed E-state index contributed by atoms with van der Waals surface area (Å²) in [5, 5.41) is 6.98. The highest BCUT2D eigenvalue weighted by molar-refractivity contribution is 6.31. The lowest BCUT2D eigenvalue weighted by Crippen LogP contribution is -2.34. The van der Waals surface area contributed by atoms with Gasteiger partial charge in [-0.15, -0.1) is 0 Å². The molecule has 2 aliphatic heterocycles. The third kappa shape index (κ3) is 3.02. The van der Waals surface area contributed by atoms with Crippen molar-refractivity contribution in [3.8, 4) is 11.5 Å². The summed E-state index contributed by atoms with van der Waals surface area (Å²) in [6.45, 7) is 0. The molecule has 0 spiro atoms. The standard InChI is InChI=1S/C23H18ClFN2O2/c1-28-15-7-4-6-14(12-15)19-13-20-16-8-2-3-11-21(16)29-23(27(20)26-19)22-17(24)9-5-10-18(22)25/h2-12,20,23H,13H2,1H3/t20-,23-/m0/s1. The van der Waals surface area contributed by atoms with E-state index in [-0.39, 0.29) is 6.04 Å². The van der Waals surface area contributed by atoms with Crippen molar-refractivity contribution in [1.82, 2.24) is 5.01 Å². The molecule has 0 fully saturated rings. The van der Waals surface area contributed by atoms with Gasteiger partial charge in [0.25, 0.3) is 0 Å². The van der Waals surface area contributed by atoms with Crippen LogP contribution >= 0.6 is 11.6 Å². The molecule has 4 nitrogen and oxygen atoms in total. The first-order chi connectivity index (χ1) is 14.2. The highest BCUT2D eigenvalue weighted by Gasteiger charge is 2.42. The summed E-state index contributed by atoms with van der Waals surface area (Å²) in [5.74, 6) is 1.08. The van der Waals surface area contributed by atoms with Gasteiger partial charge < -0.3 is 9.47 Å². The Morgan fingerprint density at radius 2 is 1.93 bits per heavy atom. The van der Waals surface area contributed by atoms with Crippen LogP contribution in [-0.4, -0.2) is 17.8 Å². The van der Waals surface area contributed by atoms with Crippen molar-refractivity contribution in [2.45, 2.75) is 18.7 Å². The molecule has 0 N–H and O–H groups in total. The van der Waals surface area contributed by atoms with Gasteiger partial charge in [-0.3, -0.25) is 0 Å². The van der Waals surface area contributed by atoms with Gasteiger partial charge in [0.15, 0.2) is 0 Å². The van der Waals surface area contributed by atoms with Gasteiger partial charge in [-0.25, -0.2) is 9.40 Å². The Morgan fingerprint density at radius 1 is 1.10 bits per heavy atom. The van der Waals surface area contributed by atoms with Crippen LogP contribution in [0.5, 0.6) is 11.5 Å². The molecule has 0 unspecified atom stereocenters. The smallest absolute Gasteiger partial charge is 0.218 e. The maximum Gasteiger partial charge on any atom is 0.218 e. The molecule has 5 rings (SSSR count). The maximum atomic E-state index is 14.7. The van der Waals surface area contributed by atoms with Crippen LogP contribution in [0.4, 0.5) is 4.39 Å². The van der Waals surface area contributed by atoms with Crippen molar-refractivity contribution in [2.24, 2.45) is 5.10 Å². The average molecular weight is 409 g/mol. The van der Waals surface area contributed by atoms with Gasteiger partial charge in [0.1, 0.15) is 17.3 Å². The molecule has 0 saturated heterocycles. The predicted molar refractivity (Wildman–Crippen MR) is 110 cm³/mol. The van der Waals surface area contributed by atoms with Gasteiger partial charge in [0.2, 0.25) is 6.23 Å². The first-order valence-electron chi connectivity index (χ1n) is 9.35. The molecule has 146 valence electrons. The number of rotatable bonds is 3. The van der Waals surface area contributed by atoms with E-state index in [1.54, 1.807) is 19.2 Å². The second kappa shape index (κ2) is 7.08. The van der Waals surface area contributed by atoms with E-state index in [9.17, 15) is 4.39 Å². The number of hydrazone groups is 1. The van der Waals surface area contributed by atoms with Crippen molar-refractivity contribution in [3.05, 3.63) is 94.3 Å². The minimum Gasteiger partial charge on any atom is -0.497 e. The molecule has 0 radical (unpaired) electrons. The van der Waals surface area contributed by atoms with E-state index in [0.29, 0.717) is 17.0 Å². The van der Waals surface area contributed by atoms with Crippen molar-refractivity contribution < 1.29 is 13.9 Å². The Hall–Kier alpha value is -3.05. The van der Waals surface area contributed by atoms with Crippen molar-refractivity contribution in [1.29, 1.82) is 0 Å². The molecule has 3 aromatic carbocycles. The van der Waals surface area contributed by atoms with Crippen LogP contribution in [0.1, 0.15) is 35.4 Å². The minimum atomic E-state index is -0.744. The summed E-state index contributed by atoms with van der Waals surface area (Å²) in [6, 6.07) is 20.2. The molecule has 0 aliphatic carbocycles. The number of hydrogen-bond donors (Lipinski definition) is 0. The zero-order chi connectivity index (χ0) is 20.0. The third-order valence-corrected chi connectivity index (χ3v) is 5.68. The number of methoxy groups -OCH3 is 1. The molecular formula is C23H18ClFN2O2. The normalized spacial score (nSPS) is 19.8. The summed E-state index contributed by atoms with van der Waals surface area (Å²) in [6.07, 6.45) is -0.0671.